The minimum absolute atomic E-state index is 0.104. The molecular weight excluding hydrogens is 486 g/mol. The number of aryl methyl sites for hydroxylation is 1. The molecule has 0 saturated carbocycles. The fourth-order valence-electron chi connectivity index (χ4n) is 4.70. The van der Waals surface area contributed by atoms with Crippen molar-refractivity contribution in [1.29, 1.82) is 0 Å². The summed E-state index contributed by atoms with van der Waals surface area (Å²) in [6, 6.07) is 9.01. The van der Waals surface area contributed by atoms with E-state index >= 15 is 0 Å². The van der Waals surface area contributed by atoms with E-state index in [4.69, 9.17) is 4.52 Å². The van der Waals surface area contributed by atoms with Crippen LogP contribution in [0.1, 0.15) is 37.1 Å². The Bertz CT molecular complexity index is 1280. The van der Waals surface area contributed by atoms with Crippen molar-refractivity contribution in [3.05, 3.63) is 47.2 Å². The normalized spacial score (nSPS) is 19.7. The molecule has 1 atom stereocenters. The van der Waals surface area contributed by atoms with Crippen molar-refractivity contribution in [2.75, 3.05) is 31.5 Å². The van der Waals surface area contributed by atoms with E-state index < -0.39 is 10.0 Å². The number of thiophene rings is 1. The summed E-state index contributed by atoms with van der Waals surface area (Å²) < 4.78 is 33.1. The van der Waals surface area contributed by atoms with Crippen LogP contribution in [-0.2, 0) is 21.4 Å². The van der Waals surface area contributed by atoms with Gasteiger partial charge >= 0.3 is 0 Å². The molecule has 0 spiro atoms. The molecule has 5 rings (SSSR count). The molecule has 1 unspecified atom stereocenters. The highest BCUT2D eigenvalue weighted by molar-refractivity contribution is 7.89. The third kappa shape index (κ3) is 5.32. The lowest BCUT2D eigenvalue weighted by molar-refractivity contribution is -0.121. The fraction of sp³-hybridized carbons (Fsp3) is 0.458. The quantitative estimate of drug-likeness (QED) is 0.511. The summed E-state index contributed by atoms with van der Waals surface area (Å²) in [6.07, 6.45) is 3.42. The summed E-state index contributed by atoms with van der Waals surface area (Å²) in [6.45, 7) is 4.80. The Hall–Kier alpha value is -2.60. The van der Waals surface area contributed by atoms with E-state index in [9.17, 15) is 13.2 Å². The number of hydrogen-bond acceptors (Lipinski definition) is 8. The molecule has 1 aromatic carbocycles. The van der Waals surface area contributed by atoms with Gasteiger partial charge in [0.25, 0.3) is 0 Å². The molecule has 2 aromatic heterocycles. The van der Waals surface area contributed by atoms with Gasteiger partial charge in [0.15, 0.2) is 0 Å². The van der Waals surface area contributed by atoms with Gasteiger partial charge in [-0.15, -0.1) is 11.3 Å². The Balaban J connectivity index is 1.23. The van der Waals surface area contributed by atoms with E-state index in [1.54, 1.807) is 36.5 Å². The van der Waals surface area contributed by atoms with Crippen LogP contribution in [0.15, 0.2) is 45.1 Å². The summed E-state index contributed by atoms with van der Waals surface area (Å²) in [4.78, 5) is 20.9. The van der Waals surface area contributed by atoms with E-state index in [0.717, 1.165) is 37.1 Å². The molecule has 9 nitrogen and oxygen atoms in total. The van der Waals surface area contributed by atoms with Crippen LogP contribution in [0.25, 0.3) is 10.7 Å². The molecule has 4 heterocycles. The number of likely N-dealkylation sites (tertiary alicyclic amines) is 1. The van der Waals surface area contributed by atoms with Gasteiger partial charge in [0, 0.05) is 25.3 Å². The number of hydrogen-bond donors (Lipinski definition) is 1. The van der Waals surface area contributed by atoms with Gasteiger partial charge in [0.05, 0.1) is 22.2 Å². The SMILES string of the molecule is Cc1ccc(NC(=O)C2CCCN(Cc3nc(-c4cccs4)no3)C2)cc1S(=O)(=O)N1CCCC1. The van der Waals surface area contributed by atoms with Crippen molar-refractivity contribution in [1.82, 2.24) is 19.3 Å². The fourth-order valence-corrected chi connectivity index (χ4v) is 7.11. The Kier molecular flexibility index (Phi) is 7.01. The molecule has 0 aliphatic carbocycles. The zero-order valence-corrected chi connectivity index (χ0v) is 21.3. The Morgan fingerprint density at radius 3 is 2.80 bits per heavy atom. The number of amides is 1. The average molecular weight is 516 g/mol. The zero-order valence-electron chi connectivity index (χ0n) is 19.6. The predicted octanol–water partition coefficient (Wildman–Crippen LogP) is 3.74. The van der Waals surface area contributed by atoms with Gasteiger partial charge in [0.1, 0.15) is 0 Å². The Morgan fingerprint density at radius 2 is 2.03 bits per heavy atom. The minimum Gasteiger partial charge on any atom is -0.338 e. The summed E-state index contributed by atoms with van der Waals surface area (Å²) in [7, 11) is -3.56. The van der Waals surface area contributed by atoms with Crippen LogP contribution >= 0.6 is 11.3 Å². The first-order chi connectivity index (χ1) is 16.9. The van der Waals surface area contributed by atoms with E-state index in [2.05, 4.69) is 20.4 Å². The number of sulfonamides is 1. The lowest BCUT2D eigenvalue weighted by Crippen LogP contribution is -2.40. The second kappa shape index (κ2) is 10.2. The highest BCUT2D eigenvalue weighted by Gasteiger charge is 2.30. The third-order valence-corrected chi connectivity index (χ3v) is 9.49. The predicted molar refractivity (Wildman–Crippen MR) is 133 cm³/mol. The number of piperidine rings is 1. The number of nitrogens with zero attached hydrogens (tertiary/aromatic N) is 4. The van der Waals surface area contributed by atoms with Crippen LogP contribution < -0.4 is 5.32 Å². The number of carbonyl (C=O) groups excluding carboxylic acids is 1. The lowest BCUT2D eigenvalue weighted by atomic mass is 9.97. The van der Waals surface area contributed by atoms with Gasteiger partial charge in [-0.1, -0.05) is 17.3 Å². The molecule has 2 saturated heterocycles. The van der Waals surface area contributed by atoms with Crippen molar-refractivity contribution in [3.63, 3.8) is 0 Å². The number of carbonyl (C=O) groups is 1. The lowest BCUT2D eigenvalue weighted by Gasteiger charge is -2.30. The molecule has 1 amide bonds. The number of anilines is 1. The number of benzene rings is 1. The van der Waals surface area contributed by atoms with E-state index in [0.29, 0.717) is 49.1 Å². The molecule has 0 radical (unpaired) electrons. The minimum atomic E-state index is -3.56. The number of nitrogens with one attached hydrogen (secondary N) is 1. The highest BCUT2D eigenvalue weighted by Crippen LogP contribution is 2.28. The Morgan fingerprint density at radius 1 is 1.20 bits per heavy atom. The topological polar surface area (TPSA) is 109 Å². The highest BCUT2D eigenvalue weighted by atomic mass is 32.2. The second-order valence-electron chi connectivity index (χ2n) is 9.14. The molecule has 35 heavy (non-hydrogen) atoms. The summed E-state index contributed by atoms with van der Waals surface area (Å²) in [5.41, 5.74) is 1.19. The number of rotatable bonds is 7. The van der Waals surface area contributed by atoms with Gasteiger partial charge in [-0.25, -0.2) is 8.42 Å². The maximum atomic E-state index is 13.1. The molecule has 11 heteroatoms. The van der Waals surface area contributed by atoms with Crippen molar-refractivity contribution < 1.29 is 17.7 Å². The Labute approximate surface area is 209 Å². The van der Waals surface area contributed by atoms with Gasteiger partial charge in [0.2, 0.25) is 27.6 Å². The molecule has 186 valence electrons. The molecule has 2 fully saturated rings. The first kappa shape index (κ1) is 24.1. The summed E-state index contributed by atoms with van der Waals surface area (Å²) in [5, 5.41) is 8.98. The molecule has 2 aliphatic heterocycles. The zero-order chi connectivity index (χ0) is 24.4. The van der Waals surface area contributed by atoms with E-state index in [1.165, 1.54) is 4.31 Å². The van der Waals surface area contributed by atoms with E-state index in [-0.39, 0.29) is 16.7 Å². The standard InChI is InChI=1S/C24H29N5O4S2/c1-17-8-9-19(14-21(17)35(31,32)29-11-2-3-12-29)25-24(30)18-6-4-10-28(15-18)16-22-26-23(27-33-22)20-7-5-13-34-20/h5,7-9,13-14,18H,2-4,6,10-12,15-16H2,1H3,(H,25,30). The van der Waals surface area contributed by atoms with Crippen molar-refractivity contribution in [2.24, 2.45) is 5.92 Å². The van der Waals surface area contributed by atoms with Crippen LogP contribution in [0.2, 0.25) is 0 Å². The third-order valence-electron chi connectivity index (χ3n) is 6.58. The largest absolute Gasteiger partial charge is 0.338 e. The van der Waals surface area contributed by atoms with Crippen LogP contribution in [0.3, 0.4) is 0 Å². The first-order valence-electron chi connectivity index (χ1n) is 11.9. The van der Waals surface area contributed by atoms with Crippen LogP contribution in [0.5, 0.6) is 0 Å². The van der Waals surface area contributed by atoms with Crippen LogP contribution in [0, 0.1) is 12.8 Å². The van der Waals surface area contributed by atoms with Crippen molar-refractivity contribution >= 4 is 33.0 Å². The maximum Gasteiger partial charge on any atom is 0.243 e. The van der Waals surface area contributed by atoms with Gasteiger partial charge in [-0.05, 0) is 68.3 Å². The van der Waals surface area contributed by atoms with Crippen LogP contribution in [0.4, 0.5) is 5.69 Å². The number of aromatic nitrogens is 2. The molecule has 3 aromatic rings. The maximum absolute atomic E-state index is 13.1. The van der Waals surface area contributed by atoms with Gasteiger partial charge in [-0.3, -0.25) is 9.69 Å². The van der Waals surface area contributed by atoms with Gasteiger partial charge in [-0.2, -0.15) is 9.29 Å². The second-order valence-corrected chi connectivity index (χ2v) is 12.0. The van der Waals surface area contributed by atoms with Crippen molar-refractivity contribution in [2.45, 2.75) is 44.0 Å². The monoisotopic (exact) mass is 515 g/mol. The summed E-state index contributed by atoms with van der Waals surface area (Å²) in [5.74, 6) is 0.807. The molecule has 2 aliphatic rings. The smallest absolute Gasteiger partial charge is 0.243 e. The molecule has 0 bridgehead atoms. The average Bonchev–Trinajstić information content (AvgIpc) is 3.62. The van der Waals surface area contributed by atoms with Crippen molar-refractivity contribution in [3.8, 4) is 10.7 Å². The van der Waals surface area contributed by atoms with E-state index in [1.807, 2.05) is 17.5 Å². The summed E-state index contributed by atoms with van der Waals surface area (Å²) >= 11 is 1.56. The first-order valence-corrected chi connectivity index (χ1v) is 14.2. The van der Waals surface area contributed by atoms with Crippen LogP contribution in [-0.4, -0.2) is 59.8 Å². The molecule has 1 N–H and O–H groups in total. The molecular formula is C24H29N5O4S2. The van der Waals surface area contributed by atoms with Gasteiger partial charge < -0.3 is 9.84 Å².